The first-order chi connectivity index (χ1) is 9.61. The van der Waals surface area contributed by atoms with Crippen LogP contribution in [0.25, 0.3) is 5.57 Å². The molecule has 20 heavy (non-hydrogen) atoms. The molecule has 0 spiro atoms. The highest BCUT2D eigenvalue weighted by Gasteiger charge is 2.10. The van der Waals surface area contributed by atoms with Crippen LogP contribution in [0, 0.1) is 18.8 Å². The van der Waals surface area contributed by atoms with E-state index < -0.39 is 0 Å². The molecule has 2 nitrogen and oxygen atoms in total. The average Bonchev–Trinajstić information content (AvgIpc) is 2.89. The van der Waals surface area contributed by atoms with Gasteiger partial charge in [0, 0.05) is 23.7 Å². The lowest BCUT2D eigenvalue weighted by atomic mass is 10.0. The number of rotatable bonds is 2. The largest absolute Gasteiger partial charge is 0.355 e. The van der Waals surface area contributed by atoms with Crippen molar-refractivity contribution in [2.24, 2.45) is 0 Å². The second-order valence-corrected chi connectivity index (χ2v) is 5.25. The summed E-state index contributed by atoms with van der Waals surface area (Å²) in [6.07, 6.45) is 0. The lowest BCUT2D eigenvalue weighted by Gasteiger charge is -2.06. The van der Waals surface area contributed by atoms with Crippen LogP contribution in [0.1, 0.15) is 21.6 Å². The Bertz CT molecular complexity index is 716. The van der Waals surface area contributed by atoms with E-state index in [9.17, 15) is 4.79 Å². The summed E-state index contributed by atoms with van der Waals surface area (Å²) < 4.78 is 0. The first kappa shape index (κ1) is 14.1. The van der Waals surface area contributed by atoms with E-state index >= 15 is 0 Å². The van der Waals surface area contributed by atoms with Crippen molar-refractivity contribution < 1.29 is 4.79 Å². The van der Waals surface area contributed by atoms with E-state index in [1.807, 2.05) is 37.3 Å². The number of benzene rings is 1. The number of thiophene rings is 1. The zero-order chi connectivity index (χ0) is 14.5. The molecule has 0 bridgehead atoms. The van der Waals surface area contributed by atoms with Gasteiger partial charge in [0.25, 0.3) is 5.91 Å². The molecule has 1 amide bonds. The Morgan fingerprint density at radius 3 is 2.70 bits per heavy atom. The van der Waals surface area contributed by atoms with Crippen molar-refractivity contribution in [1.82, 2.24) is 5.32 Å². The Hall–Kier alpha value is -2.31. The third-order valence-corrected chi connectivity index (χ3v) is 3.77. The van der Waals surface area contributed by atoms with Crippen LogP contribution in [0.4, 0.5) is 0 Å². The van der Waals surface area contributed by atoms with Gasteiger partial charge in [0.2, 0.25) is 0 Å². The van der Waals surface area contributed by atoms with Gasteiger partial charge in [0.05, 0.1) is 4.88 Å². The normalized spacial score (nSPS) is 9.50. The van der Waals surface area contributed by atoms with E-state index in [4.69, 9.17) is 0 Å². The molecule has 0 aliphatic carbocycles. The molecule has 0 atom stereocenters. The predicted octanol–water partition coefficient (Wildman–Crippen LogP) is 3.22. The average molecular weight is 281 g/mol. The molecular weight excluding hydrogens is 266 g/mol. The Labute approximate surface area is 123 Å². The number of amides is 1. The summed E-state index contributed by atoms with van der Waals surface area (Å²) in [7, 11) is 1.59. The maximum atomic E-state index is 11.7. The van der Waals surface area contributed by atoms with Gasteiger partial charge < -0.3 is 5.32 Å². The molecule has 3 heteroatoms. The Morgan fingerprint density at radius 2 is 2.05 bits per heavy atom. The molecule has 1 heterocycles. The van der Waals surface area contributed by atoms with Gasteiger partial charge in [-0.25, -0.2) is 0 Å². The quantitative estimate of drug-likeness (QED) is 0.664. The fraction of sp³-hybridized carbons (Fsp3) is 0.118. The summed E-state index contributed by atoms with van der Waals surface area (Å²) in [6.45, 7) is 5.88. The monoisotopic (exact) mass is 281 g/mol. The van der Waals surface area contributed by atoms with Crippen molar-refractivity contribution >= 4 is 22.8 Å². The van der Waals surface area contributed by atoms with Crippen LogP contribution in [0.2, 0.25) is 0 Å². The standard InChI is InChI=1S/C17H15NOS/c1-12-10-15(20-11-12)9-8-14-6-4-5-7-16(14)13(2)17(19)18-3/h4-7,10-11H,2H2,1,3H3,(H,18,19). The molecule has 1 N–H and O–H groups in total. The smallest absolute Gasteiger partial charge is 0.251 e. The van der Waals surface area contributed by atoms with Gasteiger partial charge in [0.15, 0.2) is 0 Å². The van der Waals surface area contributed by atoms with Gasteiger partial charge in [-0.3, -0.25) is 4.79 Å². The highest BCUT2D eigenvalue weighted by Crippen LogP contribution is 2.18. The highest BCUT2D eigenvalue weighted by atomic mass is 32.1. The van der Waals surface area contributed by atoms with Gasteiger partial charge in [0.1, 0.15) is 0 Å². The molecule has 0 aliphatic heterocycles. The lowest BCUT2D eigenvalue weighted by Crippen LogP contribution is -2.19. The minimum absolute atomic E-state index is 0.189. The number of aryl methyl sites for hydroxylation is 1. The van der Waals surface area contributed by atoms with Crippen molar-refractivity contribution in [3.63, 3.8) is 0 Å². The highest BCUT2D eigenvalue weighted by molar-refractivity contribution is 7.10. The Balaban J connectivity index is 2.36. The third kappa shape index (κ3) is 3.17. The third-order valence-electron chi connectivity index (χ3n) is 2.80. The van der Waals surface area contributed by atoms with Crippen molar-refractivity contribution in [3.05, 3.63) is 63.9 Å². The van der Waals surface area contributed by atoms with Crippen LogP contribution in [0.3, 0.4) is 0 Å². The molecule has 0 fully saturated rings. The summed E-state index contributed by atoms with van der Waals surface area (Å²) in [5, 5.41) is 4.65. The molecule has 2 aromatic rings. The SMILES string of the molecule is C=C(C(=O)NC)c1ccccc1C#Cc1cc(C)cs1. The van der Waals surface area contributed by atoms with Gasteiger partial charge in [-0.2, -0.15) is 0 Å². The number of hydrogen-bond acceptors (Lipinski definition) is 2. The van der Waals surface area contributed by atoms with Crippen LogP contribution in [-0.4, -0.2) is 13.0 Å². The van der Waals surface area contributed by atoms with E-state index in [0.717, 1.165) is 16.0 Å². The van der Waals surface area contributed by atoms with Crippen LogP contribution in [0.5, 0.6) is 0 Å². The second-order valence-electron chi connectivity index (χ2n) is 4.34. The summed E-state index contributed by atoms with van der Waals surface area (Å²) in [5.41, 5.74) is 3.22. The molecule has 100 valence electrons. The minimum Gasteiger partial charge on any atom is -0.355 e. The summed E-state index contributed by atoms with van der Waals surface area (Å²) in [5.74, 6) is 6.06. The molecule has 0 saturated heterocycles. The molecular formula is C17H15NOS. The van der Waals surface area contributed by atoms with E-state index in [-0.39, 0.29) is 5.91 Å². The maximum absolute atomic E-state index is 11.7. The molecule has 0 saturated carbocycles. The molecule has 0 aliphatic rings. The molecule has 2 rings (SSSR count). The van der Waals surface area contributed by atoms with E-state index in [0.29, 0.717) is 5.57 Å². The van der Waals surface area contributed by atoms with Crippen molar-refractivity contribution in [2.45, 2.75) is 6.92 Å². The molecule has 0 unspecified atom stereocenters. The van der Waals surface area contributed by atoms with E-state index in [1.54, 1.807) is 18.4 Å². The number of carbonyl (C=O) groups is 1. The van der Waals surface area contributed by atoms with Gasteiger partial charge in [-0.05, 0) is 30.0 Å². The Morgan fingerprint density at radius 1 is 1.30 bits per heavy atom. The van der Waals surface area contributed by atoms with Crippen molar-refractivity contribution in [2.75, 3.05) is 7.05 Å². The zero-order valence-electron chi connectivity index (χ0n) is 11.5. The van der Waals surface area contributed by atoms with Crippen LogP contribution in [-0.2, 0) is 4.79 Å². The van der Waals surface area contributed by atoms with E-state index in [1.165, 1.54) is 5.56 Å². The molecule has 1 aromatic heterocycles. The van der Waals surface area contributed by atoms with Crippen LogP contribution >= 0.6 is 11.3 Å². The predicted molar refractivity (Wildman–Crippen MR) is 84.6 cm³/mol. The summed E-state index contributed by atoms with van der Waals surface area (Å²) >= 11 is 1.62. The van der Waals surface area contributed by atoms with Crippen LogP contribution in [0.15, 0.2) is 42.3 Å². The first-order valence-electron chi connectivity index (χ1n) is 6.19. The fourth-order valence-electron chi connectivity index (χ4n) is 1.75. The van der Waals surface area contributed by atoms with Gasteiger partial charge in [-0.15, -0.1) is 11.3 Å². The summed E-state index contributed by atoms with van der Waals surface area (Å²) in [6, 6.07) is 9.60. The van der Waals surface area contributed by atoms with E-state index in [2.05, 4.69) is 29.1 Å². The molecule has 1 aromatic carbocycles. The van der Waals surface area contributed by atoms with Crippen LogP contribution < -0.4 is 5.32 Å². The first-order valence-corrected chi connectivity index (χ1v) is 7.07. The minimum atomic E-state index is -0.189. The second kappa shape index (κ2) is 6.23. The molecule has 0 radical (unpaired) electrons. The zero-order valence-corrected chi connectivity index (χ0v) is 12.3. The van der Waals surface area contributed by atoms with Gasteiger partial charge in [-0.1, -0.05) is 36.6 Å². The maximum Gasteiger partial charge on any atom is 0.251 e. The number of carbonyl (C=O) groups excluding carboxylic acids is 1. The Kier molecular flexibility index (Phi) is 4.39. The number of hydrogen-bond donors (Lipinski definition) is 1. The van der Waals surface area contributed by atoms with Crippen molar-refractivity contribution in [3.8, 4) is 11.8 Å². The number of likely N-dealkylation sites (N-methyl/N-ethyl adjacent to an activating group) is 1. The number of nitrogens with one attached hydrogen (secondary N) is 1. The lowest BCUT2D eigenvalue weighted by molar-refractivity contribution is -0.115. The fourth-order valence-corrected chi connectivity index (χ4v) is 2.50. The summed E-state index contributed by atoms with van der Waals surface area (Å²) in [4.78, 5) is 12.7. The van der Waals surface area contributed by atoms with Gasteiger partial charge >= 0.3 is 0 Å². The topological polar surface area (TPSA) is 29.1 Å². The van der Waals surface area contributed by atoms with Crippen molar-refractivity contribution in [1.29, 1.82) is 0 Å².